The van der Waals surface area contributed by atoms with Crippen LogP contribution in [0.25, 0.3) is 0 Å². The maximum atomic E-state index is 12.5. The molecule has 1 saturated heterocycles. The van der Waals surface area contributed by atoms with Crippen molar-refractivity contribution in [1.82, 2.24) is 4.90 Å². The number of aliphatic imine (C=N–C) groups is 1. The maximum Gasteiger partial charge on any atom is 0.573 e. The predicted octanol–water partition coefficient (Wildman–Crippen LogP) is 3.68. The molecule has 2 rings (SSSR count). The van der Waals surface area contributed by atoms with E-state index in [1.807, 2.05) is 0 Å². The average molecular weight is 372 g/mol. The van der Waals surface area contributed by atoms with E-state index in [1.165, 1.54) is 18.2 Å². The first-order valence-corrected chi connectivity index (χ1v) is 8.87. The van der Waals surface area contributed by atoms with Gasteiger partial charge in [-0.25, -0.2) is 0 Å². The number of nitrogens with zero attached hydrogens (tertiary/aromatic N) is 2. The molecule has 1 fully saturated rings. The van der Waals surface area contributed by atoms with E-state index in [1.54, 1.807) is 6.07 Å². The van der Waals surface area contributed by atoms with Crippen LogP contribution >= 0.6 is 0 Å². The topological polar surface area (TPSA) is 62.9 Å². The van der Waals surface area contributed by atoms with Gasteiger partial charge in [0, 0.05) is 19.6 Å². The molecular weight excluding hydrogens is 345 g/mol. The van der Waals surface area contributed by atoms with E-state index < -0.39 is 6.36 Å². The molecule has 1 unspecified atom stereocenters. The highest BCUT2D eigenvalue weighted by Gasteiger charge is 2.32. The van der Waals surface area contributed by atoms with Crippen molar-refractivity contribution in [2.45, 2.75) is 33.1 Å². The van der Waals surface area contributed by atoms with Crippen LogP contribution in [0, 0.1) is 11.8 Å². The highest BCUT2D eigenvalue weighted by atomic mass is 19.4. The summed E-state index contributed by atoms with van der Waals surface area (Å²) in [6.07, 6.45) is -2.55. The fourth-order valence-corrected chi connectivity index (χ4v) is 3.17. The molecule has 1 aliphatic rings. The third-order valence-electron chi connectivity index (χ3n) is 4.12. The average Bonchev–Trinajstić information content (AvgIpc) is 2.53. The Hall–Kier alpha value is -1.96. The van der Waals surface area contributed by atoms with Gasteiger partial charge in [-0.05, 0) is 43.4 Å². The first-order chi connectivity index (χ1) is 12.2. The molecule has 0 bridgehead atoms. The summed E-state index contributed by atoms with van der Waals surface area (Å²) < 4.78 is 41.4. The molecule has 1 aromatic rings. The van der Waals surface area contributed by atoms with Crippen molar-refractivity contribution in [3.63, 3.8) is 0 Å². The molecule has 1 heterocycles. The molecule has 146 valence electrons. The van der Waals surface area contributed by atoms with Gasteiger partial charge in [0.25, 0.3) is 0 Å². The number of anilines is 1. The molecule has 0 aliphatic carbocycles. The van der Waals surface area contributed by atoms with Crippen LogP contribution in [0.5, 0.6) is 5.75 Å². The number of piperidine rings is 1. The van der Waals surface area contributed by atoms with E-state index in [-0.39, 0.29) is 17.4 Å². The summed E-state index contributed by atoms with van der Waals surface area (Å²) in [6.45, 7) is 8.09. The summed E-state index contributed by atoms with van der Waals surface area (Å²) in [6, 6.07) is 5.76. The van der Waals surface area contributed by atoms with Crippen molar-refractivity contribution in [2.24, 2.45) is 22.6 Å². The monoisotopic (exact) mass is 372 g/mol. The van der Waals surface area contributed by atoms with Crippen LogP contribution in [0.4, 0.5) is 18.9 Å². The molecule has 8 heteroatoms. The lowest BCUT2D eigenvalue weighted by Gasteiger charge is -2.33. The summed E-state index contributed by atoms with van der Waals surface area (Å²) in [5.41, 5.74) is 5.99. The van der Waals surface area contributed by atoms with Crippen LogP contribution in [0.3, 0.4) is 0 Å². The summed E-state index contributed by atoms with van der Waals surface area (Å²) in [5, 5.41) is 2.71. The molecular formula is C18H27F3N4O. The van der Waals surface area contributed by atoms with Crippen molar-refractivity contribution < 1.29 is 17.9 Å². The predicted molar refractivity (Wildman–Crippen MR) is 97.2 cm³/mol. The molecule has 26 heavy (non-hydrogen) atoms. The molecule has 5 nitrogen and oxygen atoms in total. The Morgan fingerprint density at radius 2 is 2.12 bits per heavy atom. The van der Waals surface area contributed by atoms with Crippen LogP contribution in [0.15, 0.2) is 29.3 Å². The number of benzene rings is 1. The number of ether oxygens (including phenoxy) is 1. The van der Waals surface area contributed by atoms with E-state index in [2.05, 4.69) is 33.8 Å². The third-order valence-corrected chi connectivity index (χ3v) is 4.12. The van der Waals surface area contributed by atoms with Gasteiger partial charge in [0.2, 0.25) is 0 Å². The van der Waals surface area contributed by atoms with E-state index in [9.17, 15) is 13.2 Å². The second-order valence-electron chi connectivity index (χ2n) is 7.06. The van der Waals surface area contributed by atoms with E-state index >= 15 is 0 Å². The van der Waals surface area contributed by atoms with Gasteiger partial charge in [-0.1, -0.05) is 26.0 Å². The zero-order valence-corrected chi connectivity index (χ0v) is 15.2. The van der Waals surface area contributed by atoms with Crippen LogP contribution in [0.2, 0.25) is 0 Å². The Morgan fingerprint density at radius 1 is 1.38 bits per heavy atom. The minimum atomic E-state index is -4.76. The summed E-state index contributed by atoms with van der Waals surface area (Å²) in [7, 11) is 0. The number of rotatable bonds is 6. The number of hydrogen-bond acceptors (Lipinski definition) is 3. The minimum absolute atomic E-state index is 0.0872. The van der Waals surface area contributed by atoms with E-state index in [0.29, 0.717) is 18.4 Å². The van der Waals surface area contributed by atoms with Gasteiger partial charge in [0.1, 0.15) is 0 Å². The molecule has 0 aromatic heterocycles. The highest BCUT2D eigenvalue weighted by molar-refractivity contribution is 5.93. The van der Waals surface area contributed by atoms with Gasteiger partial charge in [0.05, 0.1) is 5.69 Å². The van der Waals surface area contributed by atoms with Crippen molar-refractivity contribution in [3.05, 3.63) is 24.3 Å². The number of para-hydroxylation sites is 2. The Kier molecular flexibility index (Phi) is 7.14. The van der Waals surface area contributed by atoms with Gasteiger partial charge in [-0.3, -0.25) is 4.99 Å². The fourth-order valence-electron chi connectivity index (χ4n) is 3.17. The van der Waals surface area contributed by atoms with Crippen molar-refractivity contribution in [1.29, 1.82) is 0 Å². The van der Waals surface area contributed by atoms with Crippen molar-refractivity contribution in [2.75, 3.05) is 31.5 Å². The molecule has 0 radical (unpaired) electrons. The SMILES string of the molecule is CC(C)CN1CCCC(CN=C(N)Nc2ccccc2OC(F)(F)F)C1. The second kappa shape index (κ2) is 9.12. The number of alkyl halides is 3. The molecule has 1 aromatic carbocycles. The Balaban J connectivity index is 1.92. The van der Waals surface area contributed by atoms with Gasteiger partial charge in [0.15, 0.2) is 11.7 Å². The first-order valence-electron chi connectivity index (χ1n) is 8.87. The number of hydrogen-bond donors (Lipinski definition) is 2. The third kappa shape index (κ3) is 7.11. The van der Waals surface area contributed by atoms with E-state index in [0.717, 1.165) is 32.5 Å². The number of nitrogens with one attached hydrogen (secondary N) is 1. The van der Waals surface area contributed by atoms with Crippen LogP contribution in [0.1, 0.15) is 26.7 Å². The van der Waals surface area contributed by atoms with Crippen LogP contribution in [-0.2, 0) is 0 Å². The van der Waals surface area contributed by atoms with Crippen LogP contribution in [-0.4, -0.2) is 43.4 Å². The van der Waals surface area contributed by atoms with Gasteiger partial charge in [-0.15, -0.1) is 13.2 Å². The quantitative estimate of drug-likeness (QED) is 0.591. The smallest absolute Gasteiger partial charge is 0.404 e. The number of guanidine groups is 1. The zero-order valence-electron chi connectivity index (χ0n) is 15.2. The lowest BCUT2D eigenvalue weighted by atomic mass is 9.97. The fraction of sp³-hybridized carbons (Fsp3) is 0.611. The highest BCUT2D eigenvalue weighted by Crippen LogP contribution is 2.29. The normalized spacial score (nSPS) is 19.6. The Labute approximate surface area is 152 Å². The van der Waals surface area contributed by atoms with Crippen molar-refractivity contribution in [3.8, 4) is 5.75 Å². The van der Waals surface area contributed by atoms with Gasteiger partial charge < -0.3 is 20.7 Å². The molecule has 0 amide bonds. The zero-order chi connectivity index (χ0) is 19.2. The standard InChI is InChI=1S/C18H27F3N4O/c1-13(2)11-25-9-5-6-14(12-25)10-23-17(22)24-15-7-3-4-8-16(15)26-18(19,20)21/h3-4,7-8,13-14H,5-6,9-12H2,1-2H3,(H3,22,23,24). The molecule has 1 atom stereocenters. The van der Waals surface area contributed by atoms with Crippen molar-refractivity contribution >= 4 is 11.6 Å². The Bertz CT molecular complexity index is 604. The molecule has 1 aliphatic heterocycles. The number of halogens is 3. The summed E-state index contributed by atoms with van der Waals surface area (Å²) in [4.78, 5) is 6.75. The Morgan fingerprint density at radius 3 is 2.81 bits per heavy atom. The second-order valence-corrected chi connectivity index (χ2v) is 7.06. The van der Waals surface area contributed by atoms with Gasteiger partial charge >= 0.3 is 6.36 Å². The van der Waals surface area contributed by atoms with E-state index in [4.69, 9.17) is 5.73 Å². The number of likely N-dealkylation sites (tertiary alicyclic amines) is 1. The maximum absolute atomic E-state index is 12.5. The minimum Gasteiger partial charge on any atom is -0.404 e. The molecule has 0 saturated carbocycles. The number of nitrogens with two attached hydrogens (primary N) is 1. The lowest BCUT2D eigenvalue weighted by molar-refractivity contribution is -0.274. The molecule has 3 N–H and O–H groups in total. The largest absolute Gasteiger partial charge is 0.573 e. The summed E-state index contributed by atoms with van der Waals surface area (Å²) in [5.74, 6) is 0.779. The van der Waals surface area contributed by atoms with Gasteiger partial charge in [-0.2, -0.15) is 0 Å². The lowest BCUT2D eigenvalue weighted by Crippen LogP contribution is -2.39. The van der Waals surface area contributed by atoms with Crippen LogP contribution < -0.4 is 15.8 Å². The first kappa shape index (κ1) is 20.4. The summed E-state index contributed by atoms with van der Waals surface area (Å²) >= 11 is 0. The molecule has 0 spiro atoms.